The molecule has 1 aliphatic rings. The molecule has 1 aromatic heterocycles. The molecule has 2 aromatic rings. The first-order chi connectivity index (χ1) is 9.66. The summed E-state index contributed by atoms with van der Waals surface area (Å²) in [6, 6.07) is 7.89. The number of aromatic nitrogens is 2. The van der Waals surface area contributed by atoms with Crippen LogP contribution in [-0.4, -0.2) is 21.5 Å². The van der Waals surface area contributed by atoms with Crippen LogP contribution in [0.4, 0.5) is 5.95 Å². The monoisotopic (exact) mass is 308 g/mol. The highest BCUT2D eigenvalue weighted by molar-refractivity contribution is 5.94. The maximum absolute atomic E-state index is 11.9. The molecular weight excluding hydrogens is 288 g/mol. The molecule has 0 saturated heterocycles. The Morgan fingerprint density at radius 2 is 2.05 bits per heavy atom. The summed E-state index contributed by atoms with van der Waals surface area (Å²) in [6.07, 6.45) is 4.75. The molecule has 6 heteroatoms. The number of halogens is 1. The Balaban J connectivity index is 0.00000161. The second kappa shape index (κ2) is 6.45. The molecule has 0 aliphatic heterocycles. The largest absolute Gasteiger partial charge is 0.320 e. The number of carbonyl (C=O) groups excluding carboxylic acids is 1. The number of rotatable bonds is 3. The molecule has 5 nitrogen and oxygen atoms in total. The van der Waals surface area contributed by atoms with Crippen LogP contribution in [0.1, 0.15) is 38.6 Å². The van der Waals surface area contributed by atoms with Gasteiger partial charge in [-0.25, -0.2) is 4.98 Å². The number of nitrogens with two attached hydrogens (primary N) is 1. The van der Waals surface area contributed by atoms with Crippen molar-refractivity contribution in [3.63, 3.8) is 0 Å². The van der Waals surface area contributed by atoms with Crippen LogP contribution >= 0.6 is 12.4 Å². The summed E-state index contributed by atoms with van der Waals surface area (Å²) >= 11 is 0. The van der Waals surface area contributed by atoms with Crippen molar-refractivity contribution < 1.29 is 4.79 Å². The summed E-state index contributed by atoms with van der Waals surface area (Å²) in [5.74, 6) is 0.431. The summed E-state index contributed by atoms with van der Waals surface area (Å²) in [6.45, 7) is 1.68. The third-order valence-electron chi connectivity index (χ3n) is 3.93. The van der Waals surface area contributed by atoms with E-state index in [1.807, 2.05) is 18.2 Å². The first-order valence-corrected chi connectivity index (χ1v) is 7.20. The Morgan fingerprint density at radius 3 is 2.71 bits per heavy atom. The number of fused-ring (bicyclic) bond motifs is 1. The average Bonchev–Trinajstić information content (AvgIpc) is 3.04. The summed E-state index contributed by atoms with van der Waals surface area (Å²) in [5, 5.41) is 2.86. The quantitative estimate of drug-likeness (QED) is 0.915. The van der Waals surface area contributed by atoms with E-state index in [-0.39, 0.29) is 18.3 Å². The summed E-state index contributed by atoms with van der Waals surface area (Å²) in [4.78, 5) is 16.4. The number of nitrogens with one attached hydrogen (secondary N) is 1. The van der Waals surface area contributed by atoms with Crippen molar-refractivity contribution in [2.24, 2.45) is 5.73 Å². The predicted molar refractivity (Wildman–Crippen MR) is 86.8 cm³/mol. The van der Waals surface area contributed by atoms with Crippen molar-refractivity contribution in [1.29, 1.82) is 0 Å². The number of nitrogens with zero attached hydrogens (tertiary/aromatic N) is 2. The van der Waals surface area contributed by atoms with Gasteiger partial charge in [0, 0.05) is 6.04 Å². The fourth-order valence-electron chi connectivity index (χ4n) is 2.89. The minimum absolute atomic E-state index is 0. The van der Waals surface area contributed by atoms with Gasteiger partial charge in [0.25, 0.3) is 0 Å². The maximum atomic E-state index is 11.9. The second-order valence-electron chi connectivity index (χ2n) is 5.51. The number of carbonyl (C=O) groups is 1. The lowest BCUT2D eigenvalue weighted by atomic mass is 10.2. The summed E-state index contributed by atoms with van der Waals surface area (Å²) in [5.41, 5.74) is 7.63. The Hall–Kier alpha value is -1.59. The Bertz CT molecular complexity index is 632. The molecule has 1 heterocycles. The average molecular weight is 309 g/mol. The molecular formula is C15H21ClN4O. The zero-order valence-corrected chi connectivity index (χ0v) is 12.9. The predicted octanol–water partition coefficient (Wildman–Crippen LogP) is 2.86. The molecule has 3 rings (SSSR count). The Morgan fingerprint density at radius 1 is 1.38 bits per heavy atom. The van der Waals surface area contributed by atoms with Gasteiger partial charge in [-0.05, 0) is 31.9 Å². The lowest BCUT2D eigenvalue weighted by Gasteiger charge is -2.17. The molecule has 3 N–H and O–H groups in total. The highest BCUT2D eigenvalue weighted by atomic mass is 35.5. The van der Waals surface area contributed by atoms with E-state index in [4.69, 9.17) is 5.73 Å². The van der Waals surface area contributed by atoms with Crippen LogP contribution in [0.2, 0.25) is 0 Å². The SMILES string of the molecule is C[C@@H](N)C(=O)Nc1nc2ccccc2n1C1CCCC1.Cl. The Labute approximate surface area is 130 Å². The van der Waals surface area contributed by atoms with Gasteiger partial charge in [-0.2, -0.15) is 0 Å². The highest BCUT2D eigenvalue weighted by Crippen LogP contribution is 2.35. The van der Waals surface area contributed by atoms with Crippen molar-refractivity contribution in [3.8, 4) is 0 Å². The minimum Gasteiger partial charge on any atom is -0.320 e. The minimum atomic E-state index is -0.535. The standard InChI is InChI=1S/C15H20N4O.ClH/c1-10(16)14(20)18-15-17-12-8-4-5-9-13(12)19(15)11-6-2-3-7-11;/h4-5,8-11H,2-3,6-7,16H2,1H3,(H,17,18,20);1H/t10-;/m1./s1. The van der Waals surface area contributed by atoms with E-state index in [2.05, 4.69) is 20.9 Å². The highest BCUT2D eigenvalue weighted by Gasteiger charge is 2.23. The summed E-state index contributed by atoms with van der Waals surface area (Å²) in [7, 11) is 0. The zero-order valence-electron chi connectivity index (χ0n) is 12.1. The van der Waals surface area contributed by atoms with E-state index in [1.54, 1.807) is 6.92 Å². The second-order valence-corrected chi connectivity index (χ2v) is 5.51. The molecule has 1 saturated carbocycles. The van der Waals surface area contributed by atoms with E-state index >= 15 is 0 Å². The van der Waals surface area contributed by atoms with Crippen molar-refractivity contribution in [3.05, 3.63) is 24.3 Å². The number of anilines is 1. The van der Waals surface area contributed by atoms with Gasteiger partial charge >= 0.3 is 0 Å². The molecule has 0 unspecified atom stereocenters. The van der Waals surface area contributed by atoms with Gasteiger partial charge in [-0.15, -0.1) is 12.4 Å². The van der Waals surface area contributed by atoms with Gasteiger partial charge in [0.05, 0.1) is 17.1 Å². The third kappa shape index (κ3) is 3.04. The number of hydrogen-bond donors (Lipinski definition) is 2. The maximum Gasteiger partial charge on any atom is 0.243 e. The van der Waals surface area contributed by atoms with Crippen molar-refractivity contribution in [2.45, 2.75) is 44.7 Å². The Kier molecular flexibility index (Phi) is 4.85. The number of amides is 1. The van der Waals surface area contributed by atoms with E-state index in [0.29, 0.717) is 12.0 Å². The van der Waals surface area contributed by atoms with Crippen LogP contribution in [0.3, 0.4) is 0 Å². The van der Waals surface area contributed by atoms with Gasteiger partial charge < -0.3 is 10.3 Å². The smallest absolute Gasteiger partial charge is 0.243 e. The molecule has 114 valence electrons. The van der Waals surface area contributed by atoms with Gasteiger partial charge in [0.1, 0.15) is 0 Å². The van der Waals surface area contributed by atoms with E-state index in [9.17, 15) is 4.79 Å². The lowest BCUT2D eigenvalue weighted by Crippen LogP contribution is -2.33. The van der Waals surface area contributed by atoms with Crippen LogP contribution in [0.15, 0.2) is 24.3 Å². The fourth-order valence-corrected chi connectivity index (χ4v) is 2.89. The number of benzene rings is 1. The molecule has 1 fully saturated rings. The first kappa shape index (κ1) is 15.8. The number of imidazole rings is 1. The molecule has 1 aromatic carbocycles. The van der Waals surface area contributed by atoms with Gasteiger partial charge in [-0.3, -0.25) is 10.1 Å². The molecule has 0 spiro atoms. The van der Waals surface area contributed by atoms with Crippen LogP contribution in [0.25, 0.3) is 11.0 Å². The van der Waals surface area contributed by atoms with Crippen LogP contribution < -0.4 is 11.1 Å². The van der Waals surface area contributed by atoms with Gasteiger partial charge in [-0.1, -0.05) is 25.0 Å². The zero-order chi connectivity index (χ0) is 14.1. The third-order valence-corrected chi connectivity index (χ3v) is 3.93. The molecule has 1 aliphatic carbocycles. The molecule has 1 amide bonds. The number of hydrogen-bond acceptors (Lipinski definition) is 3. The van der Waals surface area contributed by atoms with Crippen molar-refractivity contribution in [1.82, 2.24) is 9.55 Å². The lowest BCUT2D eigenvalue weighted by molar-refractivity contribution is -0.117. The summed E-state index contributed by atoms with van der Waals surface area (Å²) < 4.78 is 2.17. The topological polar surface area (TPSA) is 72.9 Å². The van der Waals surface area contributed by atoms with E-state index in [1.165, 1.54) is 12.8 Å². The van der Waals surface area contributed by atoms with Gasteiger partial charge in [0.2, 0.25) is 11.9 Å². The van der Waals surface area contributed by atoms with Crippen LogP contribution in [0, 0.1) is 0 Å². The van der Waals surface area contributed by atoms with Crippen molar-refractivity contribution in [2.75, 3.05) is 5.32 Å². The number of para-hydroxylation sites is 2. The molecule has 0 bridgehead atoms. The molecule has 21 heavy (non-hydrogen) atoms. The van der Waals surface area contributed by atoms with Crippen LogP contribution in [0.5, 0.6) is 0 Å². The normalized spacial score (nSPS) is 16.7. The van der Waals surface area contributed by atoms with Gasteiger partial charge in [0.15, 0.2) is 0 Å². The first-order valence-electron chi connectivity index (χ1n) is 7.20. The molecule has 1 atom stereocenters. The van der Waals surface area contributed by atoms with E-state index < -0.39 is 6.04 Å². The van der Waals surface area contributed by atoms with E-state index in [0.717, 1.165) is 23.9 Å². The molecule has 0 radical (unpaired) electrons. The fraction of sp³-hybridized carbons (Fsp3) is 0.467. The van der Waals surface area contributed by atoms with Crippen molar-refractivity contribution >= 4 is 35.3 Å². The van der Waals surface area contributed by atoms with Crippen LogP contribution in [-0.2, 0) is 4.79 Å².